The summed E-state index contributed by atoms with van der Waals surface area (Å²) >= 11 is 0. The fraction of sp³-hybridized carbons (Fsp3) is 0.333. The summed E-state index contributed by atoms with van der Waals surface area (Å²) in [6.07, 6.45) is -4.59. The first-order valence-corrected chi connectivity index (χ1v) is 4.78. The minimum atomic E-state index is -4.59. The molecule has 0 amide bonds. The number of carboxylic acid groups (broad SMARTS) is 1. The molecule has 0 aromatic carbocycles. The monoisotopic (exact) mass is 279 g/mol. The van der Waals surface area contributed by atoms with Crippen LogP contribution in [-0.4, -0.2) is 40.8 Å². The van der Waals surface area contributed by atoms with E-state index >= 15 is 0 Å². The number of alkyl halides is 3. The van der Waals surface area contributed by atoms with Crippen LogP contribution in [0.5, 0.6) is 0 Å². The summed E-state index contributed by atoms with van der Waals surface area (Å²) in [5, 5.41) is 19.4. The maximum atomic E-state index is 12.2. The van der Waals surface area contributed by atoms with Crippen LogP contribution < -0.4 is 4.90 Å². The predicted molar refractivity (Wildman–Crippen MR) is 57.2 cm³/mol. The van der Waals surface area contributed by atoms with E-state index in [1.165, 1.54) is 0 Å². The summed E-state index contributed by atoms with van der Waals surface area (Å²) in [6.45, 7) is -1.48. The first-order chi connectivity index (χ1) is 8.61. The number of carboxylic acids is 1. The fourth-order valence-electron chi connectivity index (χ4n) is 1.33. The molecule has 104 valence electrons. The highest BCUT2D eigenvalue weighted by molar-refractivity contribution is 5.86. The Kier molecular flexibility index (Phi) is 3.92. The third-order valence-electron chi connectivity index (χ3n) is 2.05. The van der Waals surface area contributed by atoms with Gasteiger partial charge in [-0.2, -0.15) is 13.2 Å². The van der Waals surface area contributed by atoms with Crippen molar-refractivity contribution in [3.63, 3.8) is 0 Å². The van der Waals surface area contributed by atoms with E-state index in [0.717, 1.165) is 19.2 Å². The van der Waals surface area contributed by atoms with E-state index in [-0.39, 0.29) is 0 Å². The molecule has 1 aromatic heterocycles. The Labute approximate surface area is 104 Å². The van der Waals surface area contributed by atoms with Crippen molar-refractivity contribution < 1.29 is 28.0 Å². The largest absolute Gasteiger partial charge is 0.477 e. The normalized spacial score (nSPS) is 11.2. The maximum absolute atomic E-state index is 12.2. The SMILES string of the molecule is CN(CC(F)(F)F)c1nc(C(=O)O)ccc1[N+](=O)[O-]. The lowest BCUT2D eigenvalue weighted by Gasteiger charge is -2.19. The molecule has 0 saturated carbocycles. The van der Waals surface area contributed by atoms with Crippen LogP contribution in [0, 0.1) is 10.1 Å². The maximum Gasteiger partial charge on any atom is 0.405 e. The first-order valence-electron chi connectivity index (χ1n) is 4.78. The molecule has 19 heavy (non-hydrogen) atoms. The molecule has 0 radical (unpaired) electrons. The Bertz CT molecular complexity index is 518. The van der Waals surface area contributed by atoms with Crippen molar-refractivity contribution in [3.8, 4) is 0 Å². The molecule has 0 spiro atoms. The summed E-state index contributed by atoms with van der Waals surface area (Å²) in [5.41, 5.74) is -1.27. The number of aromatic carboxylic acids is 1. The lowest BCUT2D eigenvalue weighted by atomic mass is 10.3. The number of halogens is 3. The van der Waals surface area contributed by atoms with Crippen LogP contribution in [-0.2, 0) is 0 Å². The molecule has 1 aromatic rings. The molecule has 1 heterocycles. The molecule has 0 unspecified atom stereocenters. The van der Waals surface area contributed by atoms with Crippen molar-refractivity contribution in [2.45, 2.75) is 6.18 Å². The van der Waals surface area contributed by atoms with Crippen LogP contribution in [0.1, 0.15) is 10.5 Å². The van der Waals surface area contributed by atoms with Crippen LogP contribution in [0.2, 0.25) is 0 Å². The fourth-order valence-corrected chi connectivity index (χ4v) is 1.33. The molecule has 0 aliphatic carbocycles. The van der Waals surface area contributed by atoms with E-state index in [0.29, 0.717) is 4.90 Å². The highest BCUT2D eigenvalue weighted by atomic mass is 19.4. The number of aromatic nitrogens is 1. The average molecular weight is 279 g/mol. The Balaban J connectivity index is 3.24. The minimum absolute atomic E-state index is 0.477. The number of pyridine rings is 1. The van der Waals surface area contributed by atoms with Crippen molar-refractivity contribution in [2.24, 2.45) is 0 Å². The molecule has 0 atom stereocenters. The zero-order chi connectivity index (χ0) is 14.8. The summed E-state index contributed by atoms with van der Waals surface area (Å²) in [4.78, 5) is 24.3. The van der Waals surface area contributed by atoms with Gasteiger partial charge in [-0.3, -0.25) is 10.1 Å². The molecular weight excluding hydrogens is 271 g/mol. The first kappa shape index (κ1) is 14.7. The van der Waals surface area contributed by atoms with E-state index < -0.39 is 40.8 Å². The molecule has 10 heteroatoms. The van der Waals surface area contributed by atoms with Gasteiger partial charge >= 0.3 is 17.8 Å². The lowest BCUT2D eigenvalue weighted by Crippen LogP contribution is -2.32. The number of nitro groups is 1. The molecule has 0 bridgehead atoms. The van der Waals surface area contributed by atoms with Gasteiger partial charge in [0.15, 0.2) is 5.69 Å². The number of hydrogen-bond donors (Lipinski definition) is 1. The topological polar surface area (TPSA) is 96.6 Å². The van der Waals surface area contributed by atoms with Crippen LogP contribution in [0.25, 0.3) is 0 Å². The second-order valence-electron chi connectivity index (χ2n) is 3.57. The Morgan fingerprint density at radius 1 is 1.53 bits per heavy atom. The third kappa shape index (κ3) is 3.79. The van der Waals surface area contributed by atoms with E-state index in [4.69, 9.17) is 5.11 Å². The summed E-state index contributed by atoms with van der Waals surface area (Å²) in [5.74, 6) is -2.14. The van der Waals surface area contributed by atoms with Gasteiger partial charge < -0.3 is 10.0 Å². The smallest absolute Gasteiger partial charge is 0.405 e. The molecule has 0 saturated heterocycles. The van der Waals surface area contributed by atoms with Crippen LogP contribution in [0.3, 0.4) is 0 Å². The Morgan fingerprint density at radius 2 is 2.11 bits per heavy atom. The molecular formula is C9H8F3N3O4. The van der Waals surface area contributed by atoms with E-state index in [9.17, 15) is 28.1 Å². The second-order valence-corrected chi connectivity index (χ2v) is 3.57. The van der Waals surface area contributed by atoms with Gasteiger partial charge in [0, 0.05) is 13.1 Å². The zero-order valence-corrected chi connectivity index (χ0v) is 9.51. The zero-order valence-electron chi connectivity index (χ0n) is 9.51. The van der Waals surface area contributed by atoms with E-state index in [1.807, 2.05) is 0 Å². The molecule has 0 aliphatic rings. The average Bonchev–Trinajstić information content (AvgIpc) is 2.25. The third-order valence-corrected chi connectivity index (χ3v) is 2.05. The van der Waals surface area contributed by atoms with E-state index in [2.05, 4.69) is 4.98 Å². The van der Waals surface area contributed by atoms with Gasteiger partial charge in [-0.05, 0) is 6.07 Å². The highest BCUT2D eigenvalue weighted by Crippen LogP contribution is 2.27. The van der Waals surface area contributed by atoms with Crippen LogP contribution >= 0.6 is 0 Å². The van der Waals surface area contributed by atoms with Gasteiger partial charge in [0.1, 0.15) is 6.54 Å². The van der Waals surface area contributed by atoms with E-state index in [1.54, 1.807) is 0 Å². The molecule has 0 fully saturated rings. The number of carbonyl (C=O) groups is 1. The standard InChI is InChI=1S/C9H8F3N3O4/c1-14(4-9(10,11)12)7-6(15(18)19)3-2-5(13-7)8(16)17/h2-3H,4H2,1H3,(H,16,17). The van der Waals surface area contributed by atoms with Crippen molar-refractivity contribution in [3.05, 3.63) is 27.9 Å². The Hall–Kier alpha value is -2.39. The van der Waals surface area contributed by atoms with Crippen molar-refractivity contribution in [1.29, 1.82) is 0 Å². The van der Waals surface area contributed by atoms with Gasteiger partial charge in [0.05, 0.1) is 4.92 Å². The van der Waals surface area contributed by atoms with Gasteiger partial charge in [0.2, 0.25) is 5.82 Å². The van der Waals surface area contributed by atoms with Crippen LogP contribution in [0.15, 0.2) is 12.1 Å². The van der Waals surface area contributed by atoms with Gasteiger partial charge in [-0.15, -0.1) is 0 Å². The molecule has 1 N–H and O–H groups in total. The summed E-state index contributed by atoms with van der Waals surface area (Å²) in [7, 11) is 0.939. The minimum Gasteiger partial charge on any atom is -0.477 e. The predicted octanol–water partition coefficient (Wildman–Crippen LogP) is 1.69. The number of nitrogens with zero attached hydrogens (tertiary/aromatic N) is 3. The van der Waals surface area contributed by atoms with Gasteiger partial charge in [-0.1, -0.05) is 0 Å². The summed E-state index contributed by atoms with van der Waals surface area (Å²) < 4.78 is 36.7. The number of hydrogen-bond acceptors (Lipinski definition) is 5. The highest BCUT2D eigenvalue weighted by Gasteiger charge is 2.32. The van der Waals surface area contributed by atoms with Crippen molar-refractivity contribution >= 4 is 17.5 Å². The van der Waals surface area contributed by atoms with Crippen molar-refractivity contribution in [2.75, 3.05) is 18.5 Å². The Morgan fingerprint density at radius 3 is 2.53 bits per heavy atom. The number of anilines is 1. The van der Waals surface area contributed by atoms with Gasteiger partial charge in [-0.25, -0.2) is 9.78 Å². The molecule has 0 aliphatic heterocycles. The van der Waals surface area contributed by atoms with Crippen molar-refractivity contribution in [1.82, 2.24) is 4.98 Å². The van der Waals surface area contributed by atoms with Gasteiger partial charge in [0.25, 0.3) is 0 Å². The number of rotatable bonds is 4. The molecule has 7 nitrogen and oxygen atoms in total. The quantitative estimate of drug-likeness (QED) is 0.665. The van der Waals surface area contributed by atoms with Crippen LogP contribution in [0.4, 0.5) is 24.7 Å². The molecule has 1 rings (SSSR count). The lowest BCUT2D eigenvalue weighted by molar-refractivity contribution is -0.384. The second kappa shape index (κ2) is 5.08. The summed E-state index contributed by atoms with van der Waals surface area (Å²) in [6, 6.07) is 1.66.